The number of hydrogen-bond donors (Lipinski definition) is 2. The number of amidine groups is 1. The quantitative estimate of drug-likeness (QED) is 0.207. The van der Waals surface area contributed by atoms with E-state index in [-0.39, 0.29) is 18.6 Å². The number of rotatable bonds is 0. The lowest BCUT2D eigenvalue weighted by atomic mass is 9.75. The van der Waals surface area contributed by atoms with Gasteiger partial charge in [-0.15, -0.1) is 0 Å². The van der Waals surface area contributed by atoms with Crippen molar-refractivity contribution in [2.45, 2.75) is 26.7 Å². The number of hydrogen-bond acceptors (Lipinski definition) is 5. The van der Waals surface area contributed by atoms with E-state index < -0.39 is 28.8 Å². The van der Waals surface area contributed by atoms with Gasteiger partial charge in [0.05, 0.1) is 5.71 Å². The van der Waals surface area contributed by atoms with Crippen LogP contribution in [0.3, 0.4) is 0 Å². The van der Waals surface area contributed by atoms with Gasteiger partial charge in [-0.1, -0.05) is 19.0 Å². The largest absolute Gasteiger partial charge is 0.475 e. The van der Waals surface area contributed by atoms with E-state index in [2.05, 4.69) is 10.1 Å². The smallest absolute Gasteiger partial charge is 0.377 e. The van der Waals surface area contributed by atoms with Crippen LogP contribution in [0.4, 0.5) is 0 Å². The van der Waals surface area contributed by atoms with E-state index in [1.54, 1.807) is 13.8 Å². The van der Waals surface area contributed by atoms with Crippen LogP contribution >= 0.6 is 0 Å². The number of oxime groups is 1. The van der Waals surface area contributed by atoms with Gasteiger partial charge in [0.1, 0.15) is 0 Å². The molecular weight excluding hydrogens is 228 g/mol. The molecule has 0 bridgehead atoms. The summed E-state index contributed by atoms with van der Waals surface area (Å²) >= 11 is 0. The van der Waals surface area contributed by atoms with Gasteiger partial charge in [0, 0.05) is 6.42 Å². The maximum Gasteiger partial charge on any atom is 0.377 e. The van der Waals surface area contributed by atoms with Crippen LogP contribution in [0.2, 0.25) is 0 Å². The first-order valence-electron chi connectivity index (χ1n) is 4.87. The molecule has 0 heterocycles. The van der Waals surface area contributed by atoms with E-state index in [0.717, 1.165) is 0 Å². The minimum Gasteiger partial charge on any atom is -0.475 e. The molecule has 0 aliphatic heterocycles. The van der Waals surface area contributed by atoms with Crippen molar-refractivity contribution in [1.82, 2.24) is 0 Å². The van der Waals surface area contributed by atoms with Crippen molar-refractivity contribution in [3.05, 3.63) is 0 Å². The molecule has 0 amide bonds. The van der Waals surface area contributed by atoms with Crippen LogP contribution in [-0.2, 0) is 14.4 Å². The normalized spacial score (nSPS) is 22.9. The van der Waals surface area contributed by atoms with Crippen molar-refractivity contribution in [2.24, 2.45) is 15.6 Å². The molecule has 92 valence electrons. The molecule has 0 aromatic carbocycles. The molecule has 1 aliphatic rings. The van der Waals surface area contributed by atoms with Crippen LogP contribution in [0.1, 0.15) is 26.7 Å². The zero-order chi connectivity index (χ0) is 13.2. The predicted octanol–water partition coefficient (Wildman–Crippen LogP) is 0.258. The number of nitrogens with zero attached hydrogens (tertiary/aromatic N) is 2. The number of aliphatic carboxylic acids is 1. The summed E-state index contributed by atoms with van der Waals surface area (Å²) in [6, 6.07) is 0. The highest BCUT2D eigenvalue weighted by Gasteiger charge is 2.37. The van der Waals surface area contributed by atoms with Gasteiger partial charge in [-0.3, -0.25) is 9.59 Å². The van der Waals surface area contributed by atoms with Crippen molar-refractivity contribution < 1.29 is 24.7 Å². The molecule has 1 fully saturated rings. The van der Waals surface area contributed by atoms with Gasteiger partial charge in [0.15, 0.2) is 0 Å². The van der Waals surface area contributed by atoms with Crippen molar-refractivity contribution in [3.63, 3.8) is 0 Å². The second-order valence-electron chi connectivity index (χ2n) is 4.56. The van der Waals surface area contributed by atoms with Gasteiger partial charge in [-0.05, 0) is 11.8 Å². The summed E-state index contributed by atoms with van der Waals surface area (Å²) in [4.78, 5) is 36.8. The number of Topliss-reactive ketones (excluding diaryl/α,β-unsaturated/α-hetero) is 2. The second kappa shape index (κ2) is 4.44. The van der Waals surface area contributed by atoms with Crippen LogP contribution < -0.4 is 0 Å². The molecule has 0 aromatic rings. The Balaban J connectivity index is 3.11. The zero-order valence-electron chi connectivity index (χ0n) is 9.43. The standard InChI is InChI=1S/C10H12N2O5/c1-10(2)3-5(7(14)6(13)4-10)11-8(12-17)9(15)16/h17H,3-4H2,1-2H3,(H,15,16)/b11-5?,12-8-. The first-order chi connectivity index (χ1) is 7.76. The molecule has 1 saturated carbocycles. The maximum absolute atomic E-state index is 11.5. The predicted molar refractivity (Wildman–Crippen MR) is 57.3 cm³/mol. The molecule has 0 unspecified atom stereocenters. The summed E-state index contributed by atoms with van der Waals surface area (Å²) in [6.45, 7) is 3.53. The lowest BCUT2D eigenvalue weighted by Gasteiger charge is -2.27. The molecule has 0 aromatic heterocycles. The molecule has 17 heavy (non-hydrogen) atoms. The molecule has 1 rings (SSSR count). The van der Waals surface area contributed by atoms with Crippen LogP contribution in [0.25, 0.3) is 0 Å². The van der Waals surface area contributed by atoms with Crippen LogP contribution in [0.5, 0.6) is 0 Å². The SMILES string of the molecule is CC1(C)CC(=O)C(=O)C(=N/C(=N\O)C(=O)O)C1. The molecule has 0 radical (unpaired) electrons. The average molecular weight is 240 g/mol. The van der Waals surface area contributed by atoms with Gasteiger partial charge in [-0.2, -0.15) is 0 Å². The summed E-state index contributed by atoms with van der Waals surface area (Å²) in [5.41, 5.74) is -0.635. The Bertz CT molecular complexity index is 448. The topological polar surface area (TPSA) is 116 Å². The molecule has 1 aliphatic carbocycles. The minimum atomic E-state index is -1.57. The lowest BCUT2D eigenvalue weighted by molar-refractivity contribution is -0.135. The summed E-state index contributed by atoms with van der Waals surface area (Å²) < 4.78 is 0. The van der Waals surface area contributed by atoms with E-state index >= 15 is 0 Å². The Morgan fingerprint density at radius 3 is 2.35 bits per heavy atom. The highest BCUT2D eigenvalue weighted by atomic mass is 16.4. The Morgan fingerprint density at radius 1 is 1.29 bits per heavy atom. The highest BCUT2D eigenvalue weighted by Crippen LogP contribution is 2.30. The Hall–Kier alpha value is -2.05. The van der Waals surface area contributed by atoms with Crippen LogP contribution in [0, 0.1) is 5.41 Å². The van der Waals surface area contributed by atoms with Gasteiger partial charge in [-0.25, -0.2) is 9.79 Å². The van der Waals surface area contributed by atoms with E-state index in [4.69, 9.17) is 10.3 Å². The number of carbonyl (C=O) groups excluding carboxylic acids is 2. The fourth-order valence-corrected chi connectivity index (χ4v) is 1.60. The van der Waals surface area contributed by atoms with Gasteiger partial charge in [0.25, 0.3) is 5.84 Å². The van der Waals surface area contributed by atoms with E-state index in [1.807, 2.05) is 0 Å². The summed E-state index contributed by atoms with van der Waals surface area (Å²) in [6.07, 6.45) is 0.271. The number of carboxylic acids is 1. The molecular formula is C10H12N2O5. The fourth-order valence-electron chi connectivity index (χ4n) is 1.60. The van der Waals surface area contributed by atoms with Crippen LogP contribution in [0.15, 0.2) is 10.1 Å². The average Bonchev–Trinajstić information content (AvgIpc) is 2.19. The van der Waals surface area contributed by atoms with Crippen molar-refractivity contribution in [2.75, 3.05) is 0 Å². The third-order valence-electron chi connectivity index (χ3n) is 2.33. The number of aliphatic imine (C=N–C) groups is 1. The second-order valence-corrected chi connectivity index (χ2v) is 4.56. The van der Waals surface area contributed by atoms with Gasteiger partial charge in [0.2, 0.25) is 11.6 Å². The number of carboxylic acid groups (broad SMARTS) is 1. The van der Waals surface area contributed by atoms with E-state index in [1.165, 1.54) is 0 Å². The van der Waals surface area contributed by atoms with Gasteiger partial charge < -0.3 is 10.3 Å². The van der Waals surface area contributed by atoms with Crippen molar-refractivity contribution in [1.29, 1.82) is 0 Å². The monoisotopic (exact) mass is 240 g/mol. The lowest BCUT2D eigenvalue weighted by Crippen LogP contribution is -2.38. The van der Waals surface area contributed by atoms with Crippen LogP contribution in [-0.4, -0.2) is 39.4 Å². The highest BCUT2D eigenvalue weighted by molar-refractivity contribution is 6.67. The van der Waals surface area contributed by atoms with E-state index in [9.17, 15) is 14.4 Å². The first-order valence-corrected chi connectivity index (χ1v) is 4.87. The Morgan fingerprint density at radius 2 is 1.88 bits per heavy atom. The minimum absolute atomic E-state index is 0.101. The summed E-state index contributed by atoms with van der Waals surface area (Å²) in [7, 11) is 0. The van der Waals surface area contributed by atoms with Gasteiger partial charge >= 0.3 is 5.97 Å². The first kappa shape index (κ1) is 13.0. The van der Waals surface area contributed by atoms with Crippen molar-refractivity contribution >= 4 is 29.1 Å². The molecule has 0 spiro atoms. The number of carbonyl (C=O) groups is 3. The van der Waals surface area contributed by atoms with Crippen molar-refractivity contribution in [3.8, 4) is 0 Å². The molecule has 7 heteroatoms. The Labute approximate surface area is 96.8 Å². The maximum atomic E-state index is 11.5. The molecule has 0 atom stereocenters. The molecule has 2 N–H and O–H groups in total. The summed E-state index contributed by atoms with van der Waals surface area (Å²) in [5.74, 6) is -3.89. The Kier molecular flexibility index (Phi) is 3.40. The molecule has 7 nitrogen and oxygen atoms in total. The zero-order valence-corrected chi connectivity index (χ0v) is 9.43. The fraction of sp³-hybridized carbons (Fsp3) is 0.500. The number of ketones is 2. The third kappa shape index (κ3) is 2.96. The summed E-state index contributed by atoms with van der Waals surface area (Å²) in [5, 5.41) is 19.5. The third-order valence-corrected chi connectivity index (χ3v) is 2.33. The molecule has 0 saturated heterocycles. The van der Waals surface area contributed by atoms with E-state index in [0.29, 0.717) is 0 Å².